The molecule has 18 heavy (non-hydrogen) atoms. The Hall–Kier alpha value is -1.16. The standard InChI is InChI=1S/C13H19N3O.HI/c1-4-7-11(5-2)16-13(14-3)15-10-12-8-6-9-17-12;/h2,6,8-9,11H,4,7,10H2,1,3H3,(H2,14,15,16);1H. The van der Waals surface area contributed by atoms with Gasteiger partial charge >= 0.3 is 0 Å². The van der Waals surface area contributed by atoms with Gasteiger partial charge in [-0.05, 0) is 18.6 Å². The van der Waals surface area contributed by atoms with Crippen molar-refractivity contribution in [1.29, 1.82) is 0 Å². The van der Waals surface area contributed by atoms with E-state index in [1.807, 2.05) is 12.1 Å². The van der Waals surface area contributed by atoms with E-state index in [4.69, 9.17) is 10.8 Å². The first-order valence-electron chi connectivity index (χ1n) is 5.75. The molecule has 0 saturated heterocycles. The smallest absolute Gasteiger partial charge is 0.192 e. The van der Waals surface area contributed by atoms with E-state index in [2.05, 4.69) is 28.5 Å². The highest BCUT2D eigenvalue weighted by molar-refractivity contribution is 14.0. The quantitative estimate of drug-likeness (QED) is 0.366. The monoisotopic (exact) mass is 361 g/mol. The summed E-state index contributed by atoms with van der Waals surface area (Å²) in [5.74, 6) is 4.26. The molecule has 0 radical (unpaired) electrons. The summed E-state index contributed by atoms with van der Waals surface area (Å²) in [5, 5.41) is 6.32. The first-order valence-corrected chi connectivity index (χ1v) is 5.75. The largest absolute Gasteiger partial charge is 0.467 e. The van der Waals surface area contributed by atoms with Crippen LogP contribution in [0.15, 0.2) is 27.8 Å². The zero-order valence-electron chi connectivity index (χ0n) is 10.8. The SMILES string of the molecule is C#CC(CCC)NC(=NC)NCc1ccco1.I. The fourth-order valence-corrected chi connectivity index (χ4v) is 1.43. The molecule has 1 atom stereocenters. The van der Waals surface area contributed by atoms with Crippen LogP contribution in [0.2, 0.25) is 0 Å². The molecule has 0 bridgehead atoms. The van der Waals surface area contributed by atoms with Crippen LogP contribution in [0.25, 0.3) is 0 Å². The van der Waals surface area contributed by atoms with E-state index < -0.39 is 0 Å². The average molecular weight is 361 g/mol. The lowest BCUT2D eigenvalue weighted by molar-refractivity contribution is 0.500. The van der Waals surface area contributed by atoms with E-state index in [9.17, 15) is 0 Å². The number of halogens is 1. The first-order chi connectivity index (χ1) is 8.30. The molecule has 1 aromatic rings. The van der Waals surface area contributed by atoms with Gasteiger partial charge in [0.25, 0.3) is 0 Å². The van der Waals surface area contributed by atoms with Gasteiger partial charge in [0.05, 0.1) is 18.8 Å². The van der Waals surface area contributed by atoms with Gasteiger partial charge in [0, 0.05) is 7.05 Å². The number of nitrogens with one attached hydrogen (secondary N) is 2. The van der Waals surface area contributed by atoms with Crippen molar-refractivity contribution in [2.45, 2.75) is 32.4 Å². The molecule has 2 N–H and O–H groups in total. The second-order valence-corrected chi connectivity index (χ2v) is 3.66. The van der Waals surface area contributed by atoms with Crippen LogP contribution >= 0.6 is 24.0 Å². The summed E-state index contributed by atoms with van der Waals surface area (Å²) in [6.07, 6.45) is 9.05. The third-order valence-electron chi connectivity index (χ3n) is 2.32. The summed E-state index contributed by atoms with van der Waals surface area (Å²) in [6, 6.07) is 3.78. The zero-order chi connectivity index (χ0) is 12.5. The van der Waals surface area contributed by atoms with Crippen LogP contribution in [0.4, 0.5) is 0 Å². The normalized spacial score (nSPS) is 12.2. The molecular formula is C13H20IN3O. The average Bonchev–Trinajstić information content (AvgIpc) is 2.86. The molecule has 0 aliphatic heterocycles. The van der Waals surface area contributed by atoms with Crippen LogP contribution in [0.5, 0.6) is 0 Å². The Morgan fingerprint density at radius 1 is 1.61 bits per heavy atom. The molecule has 0 spiro atoms. The predicted octanol–water partition coefficient (Wildman–Crippen LogP) is 2.36. The Balaban J connectivity index is 0.00000289. The topological polar surface area (TPSA) is 49.6 Å². The van der Waals surface area contributed by atoms with E-state index in [1.54, 1.807) is 13.3 Å². The maximum atomic E-state index is 5.44. The maximum absolute atomic E-state index is 5.44. The van der Waals surface area contributed by atoms with Crippen LogP contribution in [0.1, 0.15) is 25.5 Å². The Kier molecular flexibility index (Phi) is 9.19. The van der Waals surface area contributed by atoms with E-state index in [0.29, 0.717) is 12.5 Å². The van der Waals surface area contributed by atoms with Gasteiger partial charge in [0.2, 0.25) is 0 Å². The minimum absolute atomic E-state index is 0. The summed E-state index contributed by atoms with van der Waals surface area (Å²) in [7, 11) is 1.72. The Morgan fingerprint density at radius 3 is 2.89 bits per heavy atom. The van der Waals surface area contributed by atoms with Crippen molar-refractivity contribution < 1.29 is 4.42 Å². The number of nitrogens with zero attached hydrogens (tertiary/aromatic N) is 1. The van der Waals surface area contributed by atoms with Gasteiger partial charge in [0.1, 0.15) is 5.76 Å². The summed E-state index contributed by atoms with van der Waals surface area (Å²) < 4.78 is 5.22. The number of aliphatic imine (C=N–C) groups is 1. The fourth-order valence-electron chi connectivity index (χ4n) is 1.43. The molecular weight excluding hydrogens is 341 g/mol. The van der Waals surface area contributed by atoms with Gasteiger partial charge in [-0.25, -0.2) is 0 Å². The summed E-state index contributed by atoms with van der Waals surface area (Å²) in [4.78, 5) is 4.11. The van der Waals surface area contributed by atoms with Crippen molar-refractivity contribution in [2.24, 2.45) is 4.99 Å². The highest BCUT2D eigenvalue weighted by atomic mass is 127. The van der Waals surface area contributed by atoms with Crippen LogP contribution in [0.3, 0.4) is 0 Å². The van der Waals surface area contributed by atoms with Crippen molar-refractivity contribution in [1.82, 2.24) is 10.6 Å². The van der Waals surface area contributed by atoms with E-state index >= 15 is 0 Å². The van der Waals surface area contributed by atoms with Gasteiger partial charge < -0.3 is 15.1 Å². The molecule has 1 heterocycles. The fraction of sp³-hybridized carbons (Fsp3) is 0.462. The molecule has 0 aliphatic rings. The molecule has 4 nitrogen and oxygen atoms in total. The lowest BCUT2D eigenvalue weighted by atomic mass is 10.2. The highest BCUT2D eigenvalue weighted by Gasteiger charge is 2.06. The molecule has 1 aromatic heterocycles. The van der Waals surface area contributed by atoms with Gasteiger partial charge in [-0.15, -0.1) is 30.4 Å². The van der Waals surface area contributed by atoms with Crippen molar-refractivity contribution >= 4 is 29.9 Å². The van der Waals surface area contributed by atoms with Crippen LogP contribution in [0, 0.1) is 12.3 Å². The van der Waals surface area contributed by atoms with Crippen LogP contribution in [-0.2, 0) is 6.54 Å². The van der Waals surface area contributed by atoms with Crippen molar-refractivity contribution in [3.8, 4) is 12.3 Å². The number of furan rings is 1. The molecule has 0 fully saturated rings. The van der Waals surface area contributed by atoms with E-state index in [1.165, 1.54) is 0 Å². The number of hydrogen-bond acceptors (Lipinski definition) is 2. The van der Waals surface area contributed by atoms with Gasteiger partial charge in [-0.2, -0.15) is 0 Å². The van der Waals surface area contributed by atoms with Crippen LogP contribution < -0.4 is 10.6 Å². The molecule has 1 unspecified atom stereocenters. The van der Waals surface area contributed by atoms with Gasteiger partial charge in [-0.3, -0.25) is 4.99 Å². The van der Waals surface area contributed by atoms with Gasteiger partial charge in [0.15, 0.2) is 5.96 Å². The van der Waals surface area contributed by atoms with Gasteiger partial charge in [-0.1, -0.05) is 19.3 Å². The minimum atomic E-state index is 0. The maximum Gasteiger partial charge on any atom is 0.192 e. The predicted molar refractivity (Wildman–Crippen MR) is 85.0 cm³/mol. The van der Waals surface area contributed by atoms with Crippen LogP contribution in [-0.4, -0.2) is 19.0 Å². The highest BCUT2D eigenvalue weighted by Crippen LogP contribution is 1.99. The molecule has 0 saturated carbocycles. The molecule has 0 amide bonds. The molecule has 100 valence electrons. The Morgan fingerprint density at radius 2 is 2.39 bits per heavy atom. The molecule has 0 aliphatic carbocycles. The zero-order valence-corrected chi connectivity index (χ0v) is 13.1. The van der Waals surface area contributed by atoms with Crippen molar-refractivity contribution in [3.63, 3.8) is 0 Å². The second kappa shape index (κ2) is 9.83. The molecule has 0 aromatic carbocycles. The minimum Gasteiger partial charge on any atom is -0.467 e. The third kappa shape index (κ3) is 5.96. The lowest BCUT2D eigenvalue weighted by Gasteiger charge is -2.16. The number of hydrogen-bond donors (Lipinski definition) is 2. The second-order valence-electron chi connectivity index (χ2n) is 3.66. The molecule has 1 rings (SSSR count). The van der Waals surface area contributed by atoms with E-state index in [-0.39, 0.29) is 30.0 Å². The number of rotatable bonds is 5. The number of terminal acetylenes is 1. The molecule has 5 heteroatoms. The number of guanidine groups is 1. The van der Waals surface area contributed by atoms with Crippen molar-refractivity contribution in [2.75, 3.05) is 7.05 Å². The summed E-state index contributed by atoms with van der Waals surface area (Å²) in [5.41, 5.74) is 0. The van der Waals surface area contributed by atoms with Crippen molar-refractivity contribution in [3.05, 3.63) is 24.2 Å². The van der Waals surface area contributed by atoms with E-state index in [0.717, 1.165) is 18.6 Å². The summed E-state index contributed by atoms with van der Waals surface area (Å²) in [6.45, 7) is 2.70. The third-order valence-corrected chi connectivity index (χ3v) is 2.32. The lowest BCUT2D eigenvalue weighted by Crippen LogP contribution is -2.42. The first kappa shape index (κ1) is 16.8. The Labute approximate surface area is 126 Å². The summed E-state index contributed by atoms with van der Waals surface area (Å²) >= 11 is 0. The Bertz CT molecular complexity index is 381.